The van der Waals surface area contributed by atoms with E-state index in [4.69, 9.17) is 0 Å². The van der Waals surface area contributed by atoms with Gasteiger partial charge < -0.3 is 0 Å². The molecule has 1 heterocycles. The lowest BCUT2D eigenvalue weighted by atomic mass is 10.8. The van der Waals surface area contributed by atoms with Crippen LogP contribution in [0, 0.1) is 0 Å². The van der Waals surface area contributed by atoms with E-state index in [1.165, 1.54) is 10.8 Å². The molecule has 0 atom stereocenters. The summed E-state index contributed by atoms with van der Waals surface area (Å²) in [7, 11) is -3.16. The van der Waals surface area contributed by atoms with E-state index >= 15 is 0 Å². The molecule has 0 aliphatic rings. The number of aromatic nitrogens is 2. The maximum Gasteiger partial charge on any atom is 0.173 e. The van der Waals surface area contributed by atoms with Crippen LogP contribution < -0.4 is 0 Å². The van der Waals surface area contributed by atoms with Gasteiger partial charge in [0.2, 0.25) is 0 Å². The highest BCUT2D eigenvalue weighted by Crippen LogP contribution is 2.17. The molecule has 0 aromatic carbocycles. The number of sulfone groups is 1. The maximum absolute atomic E-state index is 11.4. The molecule has 0 amide bonds. The number of rotatable bonds is 4. The second-order valence-electron chi connectivity index (χ2n) is 2.62. The van der Waals surface area contributed by atoms with Crippen LogP contribution in [0.3, 0.4) is 0 Å². The Balaban J connectivity index is 2.88. The number of nitrogens with zero attached hydrogens (tertiary/aromatic N) is 2. The number of halogens is 2. The zero-order valence-corrected chi connectivity index (χ0v) is 11.1. The fraction of sp³-hybridized carbons (Fsp3) is 0.286. The minimum atomic E-state index is -3.16. The van der Waals surface area contributed by atoms with Crippen LogP contribution in [0.1, 0.15) is 0 Å². The van der Waals surface area contributed by atoms with Crippen molar-refractivity contribution in [3.8, 4) is 0 Å². The lowest BCUT2D eigenvalue weighted by Crippen LogP contribution is -2.14. The van der Waals surface area contributed by atoms with Gasteiger partial charge in [-0.25, -0.2) is 13.1 Å². The van der Waals surface area contributed by atoms with Gasteiger partial charge in [0.1, 0.15) is 15.1 Å². The topological polar surface area (TPSA) is 52.0 Å². The van der Waals surface area contributed by atoms with Crippen molar-refractivity contribution in [1.29, 1.82) is 0 Å². The predicted molar refractivity (Wildman–Crippen MR) is 61.6 cm³/mol. The first-order valence-corrected chi connectivity index (χ1v) is 7.05. The van der Waals surface area contributed by atoms with Crippen LogP contribution in [-0.4, -0.2) is 24.0 Å². The summed E-state index contributed by atoms with van der Waals surface area (Å²) in [5.74, 6) is -0.192. The van der Waals surface area contributed by atoms with Gasteiger partial charge in [0.05, 0.1) is 5.75 Å². The summed E-state index contributed by atoms with van der Waals surface area (Å²) in [6.45, 7) is 3.39. The van der Waals surface area contributed by atoms with Crippen molar-refractivity contribution in [2.24, 2.45) is 0 Å². The maximum atomic E-state index is 11.4. The molecule has 0 radical (unpaired) electrons. The Morgan fingerprint density at radius 2 is 2.21 bits per heavy atom. The third kappa shape index (κ3) is 3.21. The van der Waals surface area contributed by atoms with Gasteiger partial charge in [0.15, 0.2) is 9.84 Å². The van der Waals surface area contributed by atoms with Crippen molar-refractivity contribution < 1.29 is 8.42 Å². The molecular formula is C7H8Br2N2O2S. The Bertz CT molecular complexity index is 439. The van der Waals surface area contributed by atoms with Crippen molar-refractivity contribution >= 4 is 41.7 Å². The summed E-state index contributed by atoms with van der Waals surface area (Å²) in [5.41, 5.74) is 0. The van der Waals surface area contributed by atoms with E-state index in [2.05, 4.69) is 43.5 Å². The Labute approximate surface area is 99.2 Å². The van der Waals surface area contributed by atoms with Gasteiger partial charge in [0.25, 0.3) is 0 Å². The van der Waals surface area contributed by atoms with E-state index in [0.717, 1.165) is 0 Å². The average molecular weight is 344 g/mol. The molecule has 0 N–H and O–H groups in total. The van der Waals surface area contributed by atoms with Gasteiger partial charge in [0, 0.05) is 6.07 Å². The minimum absolute atomic E-state index is 0.0447. The fourth-order valence-electron chi connectivity index (χ4n) is 0.874. The third-order valence-corrected chi connectivity index (χ3v) is 3.80. The second kappa shape index (κ2) is 4.59. The molecule has 1 rings (SSSR count). The van der Waals surface area contributed by atoms with E-state index in [9.17, 15) is 8.42 Å². The first-order valence-electron chi connectivity index (χ1n) is 3.65. The minimum Gasteiger partial charge on any atom is -0.242 e. The standard InChI is InChI=1S/C7H8Br2N2O2S/c1-2-3-14(12,13)5-11-7(9)4-6(8)10-11/h2,4H,1,3,5H2. The molecule has 7 heteroatoms. The van der Waals surface area contributed by atoms with E-state index in [0.29, 0.717) is 9.21 Å². The average Bonchev–Trinajstić information content (AvgIpc) is 2.28. The molecular weight excluding hydrogens is 336 g/mol. The lowest BCUT2D eigenvalue weighted by molar-refractivity contribution is 0.576. The summed E-state index contributed by atoms with van der Waals surface area (Å²) >= 11 is 6.35. The normalized spacial score (nSPS) is 11.6. The van der Waals surface area contributed by atoms with Crippen LogP contribution in [0.4, 0.5) is 0 Å². The molecule has 0 aliphatic heterocycles. The fourth-order valence-corrected chi connectivity index (χ4v) is 3.21. The molecule has 78 valence electrons. The zero-order chi connectivity index (χ0) is 10.8. The third-order valence-electron chi connectivity index (χ3n) is 1.39. The monoisotopic (exact) mass is 342 g/mol. The lowest BCUT2D eigenvalue weighted by Gasteiger charge is -2.02. The molecule has 0 bridgehead atoms. The molecule has 0 spiro atoms. The van der Waals surface area contributed by atoms with Gasteiger partial charge in [-0.3, -0.25) is 0 Å². The van der Waals surface area contributed by atoms with Gasteiger partial charge in [-0.1, -0.05) is 6.08 Å². The second-order valence-corrected chi connectivity index (χ2v) is 6.32. The van der Waals surface area contributed by atoms with E-state index < -0.39 is 9.84 Å². The molecule has 0 saturated heterocycles. The van der Waals surface area contributed by atoms with Crippen molar-refractivity contribution in [2.45, 2.75) is 5.88 Å². The highest BCUT2D eigenvalue weighted by Gasteiger charge is 2.12. The Hall–Kier alpha value is -0.140. The highest BCUT2D eigenvalue weighted by molar-refractivity contribution is 9.11. The zero-order valence-electron chi connectivity index (χ0n) is 7.15. The van der Waals surface area contributed by atoms with Crippen LogP contribution >= 0.6 is 31.9 Å². The quantitative estimate of drug-likeness (QED) is 0.785. The van der Waals surface area contributed by atoms with Crippen molar-refractivity contribution in [3.63, 3.8) is 0 Å². The van der Waals surface area contributed by atoms with Crippen LogP contribution in [0.2, 0.25) is 0 Å². The molecule has 0 saturated carbocycles. The molecule has 0 unspecified atom stereocenters. The largest absolute Gasteiger partial charge is 0.242 e. The molecule has 4 nitrogen and oxygen atoms in total. The van der Waals surface area contributed by atoms with Gasteiger partial charge in [-0.05, 0) is 31.9 Å². The first-order chi connectivity index (χ1) is 6.44. The molecule has 0 fully saturated rings. The molecule has 0 aliphatic carbocycles. The van der Waals surface area contributed by atoms with Crippen LogP contribution in [-0.2, 0) is 15.7 Å². The Morgan fingerprint density at radius 3 is 2.64 bits per heavy atom. The van der Waals surface area contributed by atoms with E-state index in [-0.39, 0.29) is 11.6 Å². The van der Waals surface area contributed by atoms with Gasteiger partial charge >= 0.3 is 0 Å². The summed E-state index contributed by atoms with van der Waals surface area (Å²) in [5, 5.41) is 3.95. The van der Waals surface area contributed by atoms with E-state index in [1.807, 2.05) is 0 Å². The number of hydrogen-bond acceptors (Lipinski definition) is 3. The smallest absolute Gasteiger partial charge is 0.173 e. The van der Waals surface area contributed by atoms with Gasteiger partial charge in [-0.15, -0.1) is 6.58 Å². The summed E-state index contributed by atoms with van der Waals surface area (Å²) in [6.07, 6.45) is 1.36. The molecule has 14 heavy (non-hydrogen) atoms. The summed E-state index contributed by atoms with van der Waals surface area (Å²) in [6, 6.07) is 1.68. The Morgan fingerprint density at radius 1 is 1.57 bits per heavy atom. The van der Waals surface area contributed by atoms with Crippen molar-refractivity contribution in [1.82, 2.24) is 9.78 Å². The molecule has 1 aromatic heterocycles. The van der Waals surface area contributed by atoms with Gasteiger partial charge in [-0.2, -0.15) is 5.10 Å². The van der Waals surface area contributed by atoms with Crippen LogP contribution in [0.15, 0.2) is 27.9 Å². The highest BCUT2D eigenvalue weighted by atomic mass is 79.9. The van der Waals surface area contributed by atoms with Crippen LogP contribution in [0.25, 0.3) is 0 Å². The summed E-state index contributed by atoms with van der Waals surface area (Å²) in [4.78, 5) is 0. The SMILES string of the molecule is C=CCS(=O)(=O)Cn1nc(Br)cc1Br. The Kier molecular flexibility index (Phi) is 3.91. The molecule has 1 aromatic rings. The number of hydrogen-bond donors (Lipinski definition) is 0. The predicted octanol–water partition coefficient (Wildman–Crippen LogP) is 1.97. The van der Waals surface area contributed by atoms with Crippen molar-refractivity contribution in [2.75, 3.05) is 5.75 Å². The van der Waals surface area contributed by atoms with Crippen LogP contribution in [0.5, 0.6) is 0 Å². The van der Waals surface area contributed by atoms with Crippen molar-refractivity contribution in [3.05, 3.63) is 27.9 Å². The first kappa shape index (κ1) is 11.9. The van der Waals surface area contributed by atoms with E-state index in [1.54, 1.807) is 6.07 Å². The summed E-state index contributed by atoms with van der Waals surface area (Å²) < 4.78 is 25.4.